The molecule has 7 heteroatoms. The zero-order valence-corrected chi connectivity index (χ0v) is 18.3. The first-order valence-electron chi connectivity index (χ1n) is 10.4. The fourth-order valence-electron chi connectivity index (χ4n) is 3.78. The summed E-state index contributed by atoms with van der Waals surface area (Å²) in [5.74, 6) is -0.306. The number of anilines is 2. The number of carboxylic acid groups (broad SMARTS) is 1. The zero-order chi connectivity index (χ0) is 22.8. The third-order valence-corrected chi connectivity index (χ3v) is 6.40. The van der Waals surface area contributed by atoms with Gasteiger partial charge in [0.25, 0.3) is 0 Å². The van der Waals surface area contributed by atoms with E-state index in [-0.39, 0.29) is 11.3 Å². The van der Waals surface area contributed by atoms with Gasteiger partial charge in [0.2, 0.25) is 0 Å². The maximum Gasteiger partial charge on any atom is 0.335 e. The number of Topliss-reactive ketones (excluding diaryl/α,β-unsaturated/α-hetero) is 1. The van der Waals surface area contributed by atoms with Crippen LogP contribution in [0.4, 0.5) is 11.5 Å². The summed E-state index contributed by atoms with van der Waals surface area (Å²) in [4.78, 5) is 33.0. The Morgan fingerprint density at radius 2 is 1.88 bits per heavy atom. The third-order valence-electron chi connectivity index (χ3n) is 5.45. The molecule has 2 aromatic carbocycles. The van der Waals surface area contributed by atoms with Gasteiger partial charge in [-0.15, -0.1) is 11.3 Å². The van der Waals surface area contributed by atoms with Crippen molar-refractivity contribution in [3.8, 4) is 0 Å². The standard InChI is InChI=1S/C26H19N3O3S/c30-23(9-6-16-3-2-11-27-15-16)17-4-1-5-19(13-17)28-25-21-10-12-33-24(21)20-8-7-18(26(31)32)14-22(20)29-25/h1-5,7-8,10-15H,6,9H2,(H,28,29)(H,31,32). The summed E-state index contributed by atoms with van der Waals surface area (Å²) in [5.41, 5.74) is 3.20. The van der Waals surface area contributed by atoms with Gasteiger partial charge in [-0.2, -0.15) is 0 Å². The van der Waals surface area contributed by atoms with Gasteiger partial charge in [0, 0.05) is 45.5 Å². The van der Waals surface area contributed by atoms with Gasteiger partial charge in [0.1, 0.15) is 5.82 Å². The van der Waals surface area contributed by atoms with E-state index in [1.165, 1.54) is 0 Å². The van der Waals surface area contributed by atoms with E-state index in [0.29, 0.717) is 29.7 Å². The van der Waals surface area contributed by atoms with E-state index in [0.717, 1.165) is 26.7 Å². The summed E-state index contributed by atoms with van der Waals surface area (Å²) in [6, 6.07) is 18.2. The molecule has 0 bridgehead atoms. The van der Waals surface area contributed by atoms with Gasteiger partial charge >= 0.3 is 5.97 Å². The van der Waals surface area contributed by atoms with Crippen molar-refractivity contribution >= 4 is 55.6 Å². The van der Waals surface area contributed by atoms with Crippen molar-refractivity contribution in [2.45, 2.75) is 12.8 Å². The summed E-state index contributed by atoms with van der Waals surface area (Å²) < 4.78 is 1.03. The predicted octanol–water partition coefficient (Wildman–Crippen LogP) is 6.10. The van der Waals surface area contributed by atoms with Crippen molar-refractivity contribution < 1.29 is 14.7 Å². The van der Waals surface area contributed by atoms with Crippen LogP contribution in [0.5, 0.6) is 0 Å². The second-order valence-corrected chi connectivity index (χ2v) is 8.57. The lowest BCUT2D eigenvalue weighted by Gasteiger charge is -2.11. The van der Waals surface area contributed by atoms with Crippen LogP contribution >= 0.6 is 11.3 Å². The highest BCUT2D eigenvalue weighted by Crippen LogP contribution is 2.35. The van der Waals surface area contributed by atoms with Gasteiger partial charge < -0.3 is 10.4 Å². The Morgan fingerprint density at radius 1 is 0.970 bits per heavy atom. The van der Waals surface area contributed by atoms with Crippen LogP contribution < -0.4 is 5.32 Å². The number of aryl methyl sites for hydroxylation is 1. The lowest BCUT2D eigenvalue weighted by Crippen LogP contribution is -2.03. The molecule has 0 radical (unpaired) electrons. The van der Waals surface area contributed by atoms with Crippen LogP contribution in [-0.4, -0.2) is 26.8 Å². The second-order valence-electron chi connectivity index (χ2n) is 7.65. The Labute approximate surface area is 193 Å². The Hall–Kier alpha value is -4.10. The number of nitrogens with zero attached hydrogens (tertiary/aromatic N) is 2. The molecule has 0 aliphatic rings. The highest BCUT2D eigenvalue weighted by atomic mass is 32.1. The molecule has 0 amide bonds. The van der Waals surface area contributed by atoms with E-state index >= 15 is 0 Å². The van der Waals surface area contributed by atoms with E-state index < -0.39 is 5.97 Å². The number of fused-ring (bicyclic) bond motifs is 3. The Kier molecular flexibility index (Phi) is 5.54. The summed E-state index contributed by atoms with van der Waals surface area (Å²) >= 11 is 1.58. The number of pyridine rings is 2. The van der Waals surface area contributed by atoms with E-state index in [9.17, 15) is 14.7 Å². The van der Waals surface area contributed by atoms with Crippen molar-refractivity contribution in [1.29, 1.82) is 0 Å². The molecule has 0 atom stereocenters. The van der Waals surface area contributed by atoms with Crippen LogP contribution in [-0.2, 0) is 6.42 Å². The Bertz CT molecular complexity index is 1500. The highest BCUT2D eigenvalue weighted by Gasteiger charge is 2.13. The lowest BCUT2D eigenvalue weighted by molar-refractivity contribution is 0.0696. The smallest absolute Gasteiger partial charge is 0.335 e. The largest absolute Gasteiger partial charge is 0.478 e. The molecule has 3 heterocycles. The minimum Gasteiger partial charge on any atom is -0.478 e. The first-order chi connectivity index (χ1) is 16.1. The minimum atomic E-state index is -0.989. The van der Waals surface area contributed by atoms with Crippen molar-refractivity contribution in [3.63, 3.8) is 0 Å². The van der Waals surface area contributed by atoms with Gasteiger partial charge in [-0.1, -0.05) is 24.3 Å². The maximum absolute atomic E-state index is 12.8. The van der Waals surface area contributed by atoms with E-state index in [1.807, 2.05) is 47.8 Å². The highest BCUT2D eigenvalue weighted by molar-refractivity contribution is 7.18. The number of ketones is 1. The molecule has 0 aliphatic carbocycles. The van der Waals surface area contributed by atoms with E-state index in [2.05, 4.69) is 10.3 Å². The lowest BCUT2D eigenvalue weighted by atomic mass is 10.0. The van der Waals surface area contributed by atoms with E-state index in [4.69, 9.17) is 4.98 Å². The molecule has 0 spiro atoms. The number of carboxylic acids is 1. The minimum absolute atomic E-state index is 0.0563. The molecule has 0 fully saturated rings. The summed E-state index contributed by atoms with van der Waals surface area (Å²) in [6.07, 6.45) is 4.53. The number of rotatable bonds is 7. The normalized spacial score (nSPS) is 11.0. The number of aromatic nitrogens is 2. The Morgan fingerprint density at radius 3 is 2.70 bits per heavy atom. The molecule has 33 heavy (non-hydrogen) atoms. The third kappa shape index (κ3) is 4.31. The monoisotopic (exact) mass is 453 g/mol. The van der Waals surface area contributed by atoms with Crippen LogP contribution in [0, 0.1) is 0 Å². The molecule has 162 valence electrons. The maximum atomic E-state index is 12.8. The van der Waals surface area contributed by atoms with Crippen LogP contribution in [0.2, 0.25) is 0 Å². The number of hydrogen-bond acceptors (Lipinski definition) is 6. The molecule has 0 aliphatic heterocycles. The number of aromatic carboxylic acids is 1. The molecule has 0 unspecified atom stereocenters. The number of thiophene rings is 1. The summed E-state index contributed by atoms with van der Waals surface area (Å²) in [6.45, 7) is 0. The number of nitrogens with one attached hydrogen (secondary N) is 1. The molecule has 2 N–H and O–H groups in total. The van der Waals surface area contributed by atoms with Crippen molar-refractivity contribution in [1.82, 2.24) is 9.97 Å². The first kappa shape index (κ1) is 20.8. The number of hydrogen-bond donors (Lipinski definition) is 2. The molecule has 6 nitrogen and oxygen atoms in total. The average Bonchev–Trinajstić information content (AvgIpc) is 3.34. The quantitative estimate of drug-likeness (QED) is 0.289. The van der Waals surface area contributed by atoms with Crippen LogP contribution in [0.3, 0.4) is 0 Å². The van der Waals surface area contributed by atoms with Crippen molar-refractivity contribution in [3.05, 3.63) is 95.1 Å². The van der Waals surface area contributed by atoms with Gasteiger partial charge in [-0.05, 0) is 53.8 Å². The SMILES string of the molecule is O=C(O)c1ccc2c(c1)nc(Nc1cccc(C(=O)CCc3cccnc3)c1)c1ccsc12. The summed E-state index contributed by atoms with van der Waals surface area (Å²) in [7, 11) is 0. The fourth-order valence-corrected chi connectivity index (χ4v) is 4.72. The number of benzene rings is 2. The van der Waals surface area contributed by atoms with Gasteiger partial charge in [0.05, 0.1) is 11.1 Å². The van der Waals surface area contributed by atoms with Gasteiger partial charge in [0.15, 0.2) is 5.78 Å². The number of carbonyl (C=O) groups excluding carboxylic acids is 1. The molecule has 3 aromatic heterocycles. The molecule has 0 saturated carbocycles. The van der Waals surface area contributed by atoms with Crippen molar-refractivity contribution in [2.24, 2.45) is 0 Å². The van der Waals surface area contributed by atoms with Crippen molar-refractivity contribution in [2.75, 3.05) is 5.32 Å². The van der Waals surface area contributed by atoms with Gasteiger partial charge in [-0.3, -0.25) is 9.78 Å². The topological polar surface area (TPSA) is 92.2 Å². The number of carbonyl (C=O) groups is 2. The molecular formula is C26H19N3O3S. The Balaban J connectivity index is 1.44. The van der Waals surface area contributed by atoms with Crippen LogP contribution in [0.1, 0.15) is 32.7 Å². The molecule has 5 aromatic rings. The molecule has 0 saturated heterocycles. The predicted molar refractivity (Wildman–Crippen MR) is 131 cm³/mol. The zero-order valence-electron chi connectivity index (χ0n) is 17.5. The van der Waals surface area contributed by atoms with Crippen LogP contribution in [0.15, 0.2) is 78.4 Å². The van der Waals surface area contributed by atoms with Crippen LogP contribution in [0.25, 0.3) is 21.0 Å². The van der Waals surface area contributed by atoms with E-state index in [1.54, 1.807) is 41.9 Å². The molecule has 5 rings (SSSR count). The fraction of sp³-hybridized carbons (Fsp3) is 0.0769. The second kappa shape index (κ2) is 8.80. The first-order valence-corrected chi connectivity index (χ1v) is 11.3. The molecular weight excluding hydrogens is 434 g/mol. The average molecular weight is 454 g/mol. The summed E-state index contributed by atoms with van der Waals surface area (Å²) in [5, 5.41) is 16.5. The van der Waals surface area contributed by atoms with Gasteiger partial charge in [-0.25, -0.2) is 9.78 Å².